The lowest BCUT2D eigenvalue weighted by Gasteiger charge is -2.13. The molecule has 2 bridgehead atoms. The molecule has 0 aromatic heterocycles. The molecule has 0 N–H and O–H groups in total. The largest absolute Gasteiger partial charge is 0.489 e. The quantitative estimate of drug-likeness (QED) is 0.427. The number of hydrogen-bond donors (Lipinski definition) is 0. The molecule has 5 rings (SSSR count). The van der Waals surface area contributed by atoms with Gasteiger partial charge in [0.2, 0.25) is 0 Å². The monoisotopic (exact) mass is 406 g/mol. The highest BCUT2D eigenvalue weighted by molar-refractivity contribution is 6.30. The molecule has 5 nitrogen and oxygen atoms in total. The summed E-state index contributed by atoms with van der Waals surface area (Å²) in [5.41, 5.74) is 1.82. The Labute approximate surface area is 173 Å². The highest BCUT2D eigenvalue weighted by Gasteiger charge is 2.59. The van der Waals surface area contributed by atoms with Crippen LogP contribution >= 0.6 is 11.6 Å². The van der Waals surface area contributed by atoms with Crippen LogP contribution in [-0.2, 0) is 16.2 Å². The van der Waals surface area contributed by atoms with Crippen molar-refractivity contribution in [2.24, 2.45) is 28.8 Å². The number of carbonyl (C=O) groups excluding carboxylic acids is 2. The molecule has 2 fully saturated rings. The first-order chi connectivity index (χ1) is 14.1. The molecule has 4 atom stereocenters. The van der Waals surface area contributed by atoms with Crippen LogP contribution in [0.5, 0.6) is 5.75 Å². The van der Waals surface area contributed by atoms with E-state index in [0.29, 0.717) is 11.6 Å². The first-order valence-electron chi connectivity index (χ1n) is 9.67. The Kier molecular flexibility index (Phi) is 4.47. The summed E-state index contributed by atoms with van der Waals surface area (Å²) in [5.74, 6) is 0.323. The molecule has 2 amide bonds. The number of halogens is 1. The molecule has 2 aliphatic carbocycles. The smallest absolute Gasteiger partial charge is 0.254 e. The molecule has 2 aromatic carbocycles. The van der Waals surface area contributed by atoms with Crippen LogP contribution in [0.25, 0.3) is 0 Å². The lowest BCUT2D eigenvalue weighted by Crippen LogP contribution is -2.28. The van der Waals surface area contributed by atoms with E-state index in [1.54, 1.807) is 6.21 Å². The van der Waals surface area contributed by atoms with E-state index in [9.17, 15) is 9.59 Å². The number of benzene rings is 2. The van der Waals surface area contributed by atoms with E-state index in [2.05, 4.69) is 17.3 Å². The molecule has 1 saturated heterocycles. The van der Waals surface area contributed by atoms with Crippen molar-refractivity contribution in [1.29, 1.82) is 0 Å². The number of fused-ring (bicyclic) bond motifs is 5. The van der Waals surface area contributed by atoms with Gasteiger partial charge in [0, 0.05) is 5.02 Å². The normalized spacial score (nSPS) is 27.3. The molecule has 0 radical (unpaired) electrons. The van der Waals surface area contributed by atoms with Crippen LogP contribution in [0.2, 0.25) is 5.02 Å². The van der Waals surface area contributed by atoms with Gasteiger partial charge in [-0.2, -0.15) is 10.1 Å². The van der Waals surface area contributed by atoms with Crippen molar-refractivity contribution in [3.63, 3.8) is 0 Å². The van der Waals surface area contributed by atoms with Gasteiger partial charge in [-0.05, 0) is 65.8 Å². The topological polar surface area (TPSA) is 59.0 Å². The molecule has 3 aliphatic rings. The number of carbonyl (C=O) groups is 2. The summed E-state index contributed by atoms with van der Waals surface area (Å²) in [6.45, 7) is 0.445. The van der Waals surface area contributed by atoms with Crippen LogP contribution in [0.3, 0.4) is 0 Å². The molecule has 0 spiro atoms. The predicted octanol–water partition coefficient (Wildman–Crippen LogP) is 4.06. The average molecular weight is 407 g/mol. The predicted molar refractivity (Wildman–Crippen MR) is 109 cm³/mol. The highest BCUT2D eigenvalue weighted by atomic mass is 35.5. The minimum atomic E-state index is -0.224. The summed E-state index contributed by atoms with van der Waals surface area (Å²) in [5, 5.41) is 5.95. The van der Waals surface area contributed by atoms with Gasteiger partial charge in [-0.25, -0.2) is 0 Å². The van der Waals surface area contributed by atoms with Gasteiger partial charge in [0.25, 0.3) is 11.8 Å². The standard InChI is InChI=1S/C23H19ClN2O3/c24-18-7-1-15(2-8-18)13-29-19-9-3-14(4-10-19)12-25-26-22(27)20-16-5-6-17(11-16)21(20)23(26)28/h1-10,12,16-17,20-21H,11,13H2/b25-12-/t16-,17-,20-,21+/m0/s1. The molecular weight excluding hydrogens is 388 g/mol. The lowest BCUT2D eigenvalue weighted by atomic mass is 9.85. The number of rotatable bonds is 5. The number of nitrogens with zero attached hydrogens (tertiary/aromatic N) is 2. The molecular formula is C23H19ClN2O3. The SMILES string of the molecule is O=C1[C@@H]2[C@H](C(=O)N1/N=C\c1ccc(OCc3ccc(Cl)cc3)cc1)[C@H]1C=C[C@H]2C1. The second-order valence-electron chi connectivity index (χ2n) is 7.72. The van der Waals surface area contributed by atoms with Gasteiger partial charge in [-0.15, -0.1) is 0 Å². The lowest BCUT2D eigenvalue weighted by molar-refractivity contribution is -0.140. The molecule has 146 valence electrons. The number of ether oxygens (including phenoxy) is 1. The summed E-state index contributed by atoms with van der Waals surface area (Å²) in [7, 11) is 0. The minimum Gasteiger partial charge on any atom is -0.489 e. The van der Waals surface area contributed by atoms with Crippen LogP contribution in [0, 0.1) is 23.7 Å². The van der Waals surface area contributed by atoms with Gasteiger partial charge >= 0.3 is 0 Å². The number of amides is 2. The second kappa shape index (κ2) is 7.16. The van der Waals surface area contributed by atoms with Gasteiger partial charge < -0.3 is 4.74 Å². The second-order valence-corrected chi connectivity index (χ2v) is 8.15. The zero-order chi connectivity index (χ0) is 20.0. The van der Waals surface area contributed by atoms with E-state index < -0.39 is 0 Å². The third kappa shape index (κ3) is 3.25. The van der Waals surface area contributed by atoms with Gasteiger partial charge in [-0.1, -0.05) is 35.9 Å². The van der Waals surface area contributed by atoms with E-state index in [-0.39, 0.29) is 35.5 Å². The van der Waals surface area contributed by atoms with Crippen LogP contribution in [0.1, 0.15) is 17.5 Å². The Morgan fingerprint density at radius 1 is 0.966 bits per heavy atom. The molecule has 6 heteroatoms. The zero-order valence-corrected chi connectivity index (χ0v) is 16.3. The maximum absolute atomic E-state index is 12.6. The van der Waals surface area contributed by atoms with Crippen LogP contribution in [0.15, 0.2) is 65.8 Å². The summed E-state index contributed by atoms with van der Waals surface area (Å²) >= 11 is 5.88. The van der Waals surface area contributed by atoms with E-state index >= 15 is 0 Å². The summed E-state index contributed by atoms with van der Waals surface area (Å²) in [4.78, 5) is 25.3. The molecule has 29 heavy (non-hydrogen) atoms. The Morgan fingerprint density at radius 3 is 2.21 bits per heavy atom. The zero-order valence-electron chi connectivity index (χ0n) is 15.6. The number of hydrogen-bond acceptors (Lipinski definition) is 4. The Balaban J connectivity index is 1.22. The van der Waals surface area contributed by atoms with Crippen LogP contribution < -0.4 is 4.74 Å². The number of hydrazone groups is 1. The molecule has 1 saturated carbocycles. The van der Waals surface area contributed by atoms with Gasteiger partial charge in [0.1, 0.15) is 12.4 Å². The van der Waals surface area contributed by atoms with Gasteiger partial charge in [0.05, 0.1) is 18.1 Å². The summed E-state index contributed by atoms with van der Waals surface area (Å²) in [6, 6.07) is 14.9. The average Bonchev–Trinajstić information content (AvgIpc) is 3.41. The van der Waals surface area contributed by atoms with Crippen molar-refractivity contribution in [2.75, 3.05) is 0 Å². The van der Waals surface area contributed by atoms with E-state index in [1.807, 2.05) is 48.5 Å². The van der Waals surface area contributed by atoms with Crippen molar-refractivity contribution in [2.45, 2.75) is 13.0 Å². The molecule has 0 unspecified atom stereocenters. The van der Waals surface area contributed by atoms with E-state index in [4.69, 9.17) is 16.3 Å². The molecule has 2 aromatic rings. The van der Waals surface area contributed by atoms with Crippen molar-refractivity contribution >= 4 is 29.6 Å². The number of imide groups is 1. The summed E-state index contributed by atoms with van der Waals surface area (Å²) < 4.78 is 5.77. The van der Waals surface area contributed by atoms with Crippen molar-refractivity contribution in [3.05, 3.63) is 76.8 Å². The van der Waals surface area contributed by atoms with Crippen molar-refractivity contribution in [1.82, 2.24) is 5.01 Å². The van der Waals surface area contributed by atoms with Crippen molar-refractivity contribution < 1.29 is 14.3 Å². The Hall–Kier alpha value is -2.92. The fraction of sp³-hybridized carbons (Fsp3) is 0.261. The molecule has 1 aliphatic heterocycles. The highest BCUT2D eigenvalue weighted by Crippen LogP contribution is 2.52. The first-order valence-corrected chi connectivity index (χ1v) is 10.1. The van der Waals surface area contributed by atoms with Crippen LogP contribution in [0.4, 0.5) is 0 Å². The maximum Gasteiger partial charge on any atom is 0.254 e. The van der Waals surface area contributed by atoms with E-state index in [1.165, 1.54) is 0 Å². The van der Waals surface area contributed by atoms with Crippen molar-refractivity contribution in [3.8, 4) is 5.75 Å². The molecule has 1 heterocycles. The Bertz CT molecular complexity index is 983. The maximum atomic E-state index is 12.6. The van der Waals surface area contributed by atoms with Gasteiger partial charge in [0.15, 0.2) is 0 Å². The van der Waals surface area contributed by atoms with Gasteiger partial charge in [-0.3, -0.25) is 9.59 Å². The fourth-order valence-corrected chi connectivity index (χ4v) is 4.65. The number of allylic oxidation sites excluding steroid dienone is 2. The third-order valence-corrected chi connectivity index (χ3v) is 6.22. The summed E-state index contributed by atoms with van der Waals surface area (Å²) in [6.07, 6.45) is 6.62. The first kappa shape index (κ1) is 18.1. The minimum absolute atomic E-state index is 0.170. The Morgan fingerprint density at radius 2 is 1.59 bits per heavy atom. The fourth-order valence-electron chi connectivity index (χ4n) is 4.52. The van der Waals surface area contributed by atoms with Crippen LogP contribution in [-0.4, -0.2) is 23.0 Å². The third-order valence-electron chi connectivity index (χ3n) is 5.97. The van der Waals surface area contributed by atoms with E-state index in [0.717, 1.165) is 28.3 Å².